The number of hydrogen-bond acceptors (Lipinski definition) is 4. The highest BCUT2D eigenvalue weighted by Crippen LogP contribution is 2.16. The molecule has 1 amide bonds. The quantitative estimate of drug-likeness (QED) is 0.847. The third-order valence-electron chi connectivity index (χ3n) is 3.03. The summed E-state index contributed by atoms with van der Waals surface area (Å²) in [7, 11) is 0. The fourth-order valence-electron chi connectivity index (χ4n) is 2.08. The van der Waals surface area contributed by atoms with Crippen molar-refractivity contribution in [1.29, 1.82) is 0 Å². The van der Waals surface area contributed by atoms with E-state index in [2.05, 4.69) is 0 Å². The predicted molar refractivity (Wildman–Crippen MR) is 71.6 cm³/mol. The van der Waals surface area contributed by atoms with Crippen LogP contribution >= 0.6 is 11.8 Å². The number of β-amino-alcohol motifs (C(OH)–C–C–N with tert-alkyl or cyclic N) is 2. The maximum Gasteiger partial charge on any atom is 0.254 e. The van der Waals surface area contributed by atoms with Crippen molar-refractivity contribution in [2.75, 3.05) is 19.3 Å². The Labute approximate surface area is 111 Å². The number of aliphatic hydroxyl groups excluding tert-OH is 2. The van der Waals surface area contributed by atoms with Crippen molar-refractivity contribution in [2.24, 2.45) is 0 Å². The molecule has 1 aromatic carbocycles. The zero-order chi connectivity index (χ0) is 13.1. The molecule has 18 heavy (non-hydrogen) atoms. The molecule has 1 aliphatic rings. The summed E-state index contributed by atoms with van der Waals surface area (Å²) in [4.78, 5) is 13.7. The fourth-order valence-corrected chi connectivity index (χ4v) is 2.59. The summed E-state index contributed by atoms with van der Waals surface area (Å²) in [6.45, 7) is 0.402. The summed E-state index contributed by atoms with van der Waals surface area (Å²) < 4.78 is 0. The van der Waals surface area contributed by atoms with Crippen molar-refractivity contribution in [2.45, 2.75) is 18.0 Å². The van der Waals surface area contributed by atoms with E-state index in [0.717, 1.165) is 11.3 Å². The number of likely N-dealkylation sites (tertiary alicyclic amines) is 1. The summed E-state index contributed by atoms with van der Waals surface area (Å²) in [5, 5.41) is 18.9. The lowest BCUT2D eigenvalue weighted by molar-refractivity contribution is 0.0572. The second-order valence-corrected chi connectivity index (χ2v) is 5.34. The van der Waals surface area contributed by atoms with Gasteiger partial charge in [-0.05, 0) is 24.0 Å². The molecule has 2 rings (SSSR count). The zero-order valence-electron chi connectivity index (χ0n) is 10.2. The second kappa shape index (κ2) is 5.73. The number of nitrogens with zero attached hydrogens (tertiary/aromatic N) is 1. The number of amides is 1. The van der Waals surface area contributed by atoms with Crippen LogP contribution in [0.2, 0.25) is 0 Å². The van der Waals surface area contributed by atoms with Gasteiger partial charge in [0.15, 0.2) is 0 Å². The molecule has 1 fully saturated rings. The molecule has 1 heterocycles. The van der Waals surface area contributed by atoms with Gasteiger partial charge in [-0.1, -0.05) is 12.1 Å². The molecule has 2 unspecified atom stereocenters. The highest BCUT2D eigenvalue weighted by molar-refractivity contribution is 7.97. The second-order valence-electron chi connectivity index (χ2n) is 4.48. The lowest BCUT2D eigenvalue weighted by atomic mass is 10.1. The van der Waals surface area contributed by atoms with Crippen molar-refractivity contribution in [3.05, 3.63) is 35.4 Å². The van der Waals surface area contributed by atoms with Gasteiger partial charge in [-0.15, -0.1) is 0 Å². The van der Waals surface area contributed by atoms with E-state index in [-0.39, 0.29) is 19.0 Å². The largest absolute Gasteiger partial charge is 0.388 e. The maximum atomic E-state index is 12.2. The van der Waals surface area contributed by atoms with Crippen molar-refractivity contribution >= 4 is 17.7 Å². The lowest BCUT2D eigenvalue weighted by Gasteiger charge is -2.15. The molecule has 0 aromatic heterocycles. The van der Waals surface area contributed by atoms with Crippen molar-refractivity contribution in [3.63, 3.8) is 0 Å². The van der Waals surface area contributed by atoms with Gasteiger partial charge >= 0.3 is 0 Å². The van der Waals surface area contributed by atoms with Crippen LogP contribution in [0.5, 0.6) is 0 Å². The minimum atomic E-state index is -0.830. The first-order valence-electron chi connectivity index (χ1n) is 5.85. The Morgan fingerprint density at radius 1 is 1.39 bits per heavy atom. The number of aliphatic hydroxyl groups is 2. The Bertz CT molecular complexity index is 428. The number of hydrogen-bond donors (Lipinski definition) is 2. The van der Waals surface area contributed by atoms with Crippen LogP contribution in [0, 0.1) is 0 Å². The summed E-state index contributed by atoms with van der Waals surface area (Å²) >= 11 is 1.70. The first kappa shape index (κ1) is 13.4. The Kier molecular flexibility index (Phi) is 4.27. The van der Waals surface area contributed by atoms with E-state index in [9.17, 15) is 15.0 Å². The highest BCUT2D eigenvalue weighted by Gasteiger charge is 2.32. The molecule has 2 N–H and O–H groups in total. The van der Waals surface area contributed by atoms with Gasteiger partial charge in [0, 0.05) is 24.4 Å². The molecular weight excluding hydrogens is 250 g/mol. The number of benzene rings is 1. The van der Waals surface area contributed by atoms with Gasteiger partial charge in [0.1, 0.15) is 0 Å². The molecular formula is C13H17NO3S. The highest BCUT2D eigenvalue weighted by atomic mass is 32.2. The normalized spacial score (nSPS) is 23.4. The van der Waals surface area contributed by atoms with E-state index in [1.54, 1.807) is 17.8 Å². The SMILES string of the molecule is CSCc1cccc(C(=O)N2CC(O)C(O)C2)c1. The first-order valence-corrected chi connectivity index (χ1v) is 7.24. The molecule has 0 bridgehead atoms. The van der Waals surface area contributed by atoms with Crippen molar-refractivity contribution in [1.82, 2.24) is 4.90 Å². The third kappa shape index (κ3) is 2.85. The molecule has 1 aromatic rings. The topological polar surface area (TPSA) is 60.8 Å². The number of thioether (sulfide) groups is 1. The summed E-state index contributed by atoms with van der Waals surface area (Å²) in [6, 6.07) is 7.49. The molecule has 4 nitrogen and oxygen atoms in total. The van der Waals surface area contributed by atoms with Gasteiger partial charge < -0.3 is 15.1 Å². The molecule has 1 aliphatic heterocycles. The molecule has 0 aliphatic carbocycles. The van der Waals surface area contributed by atoms with Gasteiger partial charge in [-0.2, -0.15) is 11.8 Å². The van der Waals surface area contributed by atoms with E-state index in [4.69, 9.17) is 0 Å². The van der Waals surface area contributed by atoms with Crippen LogP contribution in [0.25, 0.3) is 0 Å². The van der Waals surface area contributed by atoms with Crippen LogP contribution in [0.15, 0.2) is 24.3 Å². The summed E-state index contributed by atoms with van der Waals surface area (Å²) in [6.07, 6.45) is 0.355. The standard InChI is InChI=1S/C13H17NO3S/c1-18-8-9-3-2-4-10(5-9)13(17)14-6-11(15)12(16)7-14/h2-5,11-12,15-16H,6-8H2,1H3. The van der Waals surface area contributed by atoms with Crippen LogP contribution in [-0.4, -0.2) is 52.6 Å². The van der Waals surface area contributed by atoms with E-state index >= 15 is 0 Å². The smallest absolute Gasteiger partial charge is 0.254 e. The van der Waals surface area contributed by atoms with Gasteiger partial charge in [-0.3, -0.25) is 4.79 Å². The maximum absolute atomic E-state index is 12.2. The van der Waals surface area contributed by atoms with E-state index in [1.807, 2.05) is 24.5 Å². The average molecular weight is 267 g/mol. The number of rotatable bonds is 3. The van der Waals surface area contributed by atoms with Gasteiger partial charge in [0.25, 0.3) is 5.91 Å². The minimum Gasteiger partial charge on any atom is -0.388 e. The lowest BCUT2D eigenvalue weighted by Crippen LogP contribution is -2.29. The minimum absolute atomic E-state index is 0.131. The van der Waals surface area contributed by atoms with Crippen molar-refractivity contribution in [3.8, 4) is 0 Å². The first-order chi connectivity index (χ1) is 8.61. The van der Waals surface area contributed by atoms with Crippen LogP contribution < -0.4 is 0 Å². The molecule has 2 atom stereocenters. The van der Waals surface area contributed by atoms with Crippen LogP contribution in [0.3, 0.4) is 0 Å². The average Bonchev–Trinajstić information content (AvgIpc) is 2.69. The molecule has 5 heteroatoms. The molecule has 98 valence electrons. The van der Waals surface area contributed by atoms with Crippen LogP contribution in [-0.2, 0) is 5.75 Å². The Hall–Kier alpha value is -1.04. The Morgan fingerprint density at radius 3 is 2.67 bits per heavy atom. The molecule has 0 saturated carbocycles. The van der Waals surface area contributed by atoms with Crippen LogP contribution in [0.4, 0.5) is 0 Å². The summed E-state index contributed by atoms with van der Waals surface area (Å²) in [5.41, 5.74) is 1.72. The van der Waals surface area contributed by atoms with E-state index in [0.29, 0.717) is 5.56 Å². The Balaban J connectivity index is 2.11. The predicted octanol–water partition coefficient (Wildman–Crippen LogP) is 0.727. The van der Waals surface area contributed by atoms with Crippen LogP contribution in [0.1, 0.15) is 15.9 Å². The molecule has 0 spiro atoms. The molecule has 0 radical (unpaired) electrons. The molecule has 1 saturated heterocycles. The zero-order valence-corrected chi connectivity index (χ0v) is 11.1. The Morgan fingerprint density at radius 2 is 2.06 bits per heavy atom. The van der Waals surface area contributed by atoms with Crippen molar-refractivity contribution < 1.29 is 15.0 Å². The van der Waals surface area contributed by atoms with Gasteiger partial charge in [0.05, 0.1) is 12.2 Å². The monoisotopic (exact) mass is 267 g/mol. The number of carbonyl (C=O) groups excluding carboxylic acids is 1. The van der Waals surface area contributed by atoms with Gasteiger partial charge in [-0.25, -0.2) is 0 Å². The third-order valence-corrected chi connectivity index (χ3v) is 3.65. The van der Waals surface area contributed by atoms with Gasteiger partial charge in [0.2, 0.25) is 0 Å². The summed E-state index contributed by atoms with van der Waals surface area (Å²) in [5.74, 6) is 0.736. The fraction of sp³-hybridized carbons (Fsp3) is 0.462. The van der Waals surface area contributed by atoms with E-state index < -0.39 is 12.2 Å². The number of carbonyl (C=O) groups is 1. The van der Waals surface area contributed by atoms with E-state index in [1.165, 1.54) is 4.90 Å².